The first-order chi connectivity index (χ1) is 16.5. The Hall–Kier alpha value is -2.87. The topological polar surface area (TPSA) is 86.8 Å². The van der Waals surface area contributed by atoms with Crippen molar-refractivity contribution in [2.24, 2.45) is 0 Å². The van der Waals surface area contributed by atoms with E-state index in [1.165, 1.54) is 4.90 Å². The molecule has 0 radical (unpaired) electrons. The zero-order chi connectivity index (χ0) is 25.8. The molecule has 0 bridgehead atoms. The summed E-state index contributed by atoms with van der Waals surface area (Å²) in [5.74, 6) is -0.636. The summed E-state index contributed by atoms with van der Waals surface area (Å²) in [6.45, 7) is 7.28. The lowest BCUT2D eigenvalue weighted by atomic mass is 10.1. The van der Waals surface area contributed by atoms with Crippen molar-refractivity contribution < 1.29 is 18.0 Å². The summed E-state index contributed by atoms with van der Waals surface area (Å²) in [7, 11) is -3.74. The van der Waals surface area contributed by atoms with Gasteiger partial charge in [0.2, 0.25) is 21.8 Å². The van der Waals surface area contributed by atoms with Crippen molar-refractivity contribution in [3.63, 3.8) is 0 Å². The molecule has 0 saturated heterocycles. The van der Waals surface area contributed by atoms with Crippen molar-refractivity contribution in [3.8, 4) is 0 Å². The lowest BCUT2D eigenvalue weighted by Gasteiger charge is -2.32. The molecule has 2 aromatic carbocycles. The molecule has 0 aromatic heterocycles. The smallest absolute Gasteiger partial charge is 0.244 e. The summed E-state index contributed by atoms with van der Waals surface area (Å²) in [6, 6.07) is 12.5. The van der Waals surface area contributed by atoms with Gasteiger partial charge in [0.25, 0.3) is 0 Å². The number of hydrogen-bond acceptors (Lipinski definition) is 4. The highest BCUT2D eigenvalue weighted by Gasteiger charge is 2.31. The molecule has 1 fully saturated rings. The minimum absolute atomic E-state index is 0.128. The molecule has 8 heteroatoms. The molecule has 0 spiro atoms. The summed E-state index contributed by atoms with van der Waals surface area (Å²) < 4.78 is 26.6. The molecule has 1 aliphatic rings. The number of carbonyl (C=O) groups excluding carboxylic acids is 2. The first kappa shape index (κ1) is 26.7. The van der Waals surface area contributed by atoms with E-state index in [1.807, 2.05) is 51.1 Å². The van der Waals surface area contributed by atoms with Gasteiger partial charge in [-0.05, 0) is 74.9 Å². The number of sulfonamides is 1. The van der Waals surface area contributed by atoms with Crippen LogP contribution in [0.3, 0.4) is 0 Å². The lowest BCUT2D eigenvalue weighted by Crippen LogP contribution is -2.52. The van der Waals surface area contributed by atoms with Crippen LogP contribution in [0.15, 0.2) is 42.5 Å². The Bertz CT molecular complexity index is 1150. The van der Waals surface area contributed by atoms with Crippen LogP contribution in [0.4, 0.5) is 5.69 Å². The summed E-state index contributed by atoms with van der Waals surface area (Å²) >= 11 is 0. The van der Waals surface area contributed by atoms with Gasteiger partial charge in [-0.2, -0.15) is 0 Å². The molecular formula is C27H37N3O4S. The van der Waals surface area contributed by atoms with Gasteiger partial charge in [-0.15, -0.1) is 0 Å². The summed E-state index contributed by atoms with van der Waals surface area (Å²) in [4.78, 5) is 28.3. The van der Waals surface area contributed by atoms with E-state index in [0.717, 1.165) is 58.5 Å². The van der Waals surface area contributed by atoms with Gasteiger partial charge in [-0.25, -0.2) is 8.42 Å². The SMILES string of the molecule is Cc1cc(C)cc(N(CC(=O)N(Cc2ccccc2C)[C@@H](C)C(=O)NC2CCCC2)S(C)(=O)=O)c1. The molecule has 0 aliphatic heterocycles. The van der Waals surface area contributed by atoms with Gasteiger partial charge >= 0.3 is 0 Å². The number of rotatable bonds is 9. The number of hydrogen-bond donors (Lipinski definition) is 1. The molecule has 7 nitrogen and oxygen atoms in total. The number of anilines is 1. The number of aryl methyl sites for hydroxylation is 3. The monoisotopic (exact) mass is 499 g/mol. The zero-order valence-corrected chi connectivity index (χ0v) is 22.2. The maximum absolute atomic E-state index is 13.7. The van der Waals surface area contributed by atoms with E-state index in [0.29, 0.717) is 5.69 Å². The third-order valence-corrected chi connectivity index (χ3v) is 7.79. The van der Waals surface area contributed by atoms with Gasteiger partial charge in [0.1, 0.15) is 12.6 Å². The standard InChI is InChI=1S/C27H37N3O4S/c1-19-14-20(2)16-25(15-19)30(35(5,33)34)18-26(31)29(17-23-11-7-6-10-21(23)3)22(4)27(32)28-24-12-8-9-13-24/h6-7,10-11,14-16,22,24H,8-9,12-13,17-18H2,1-5H3,(H,28,32)/t22-/m0/s1. The summed E-state index contributed by atoms with van der Waals surface area (Å²) in [6.07, 6.45) is 5.16. The predicted octanol–water partition coefficient (Wildman–Crippen LogP) is 3.85. The molecule has 0 unspecified atom stereocenters. The van der Waals surface area contributed by atoms with E-state index in [1.54, 1.807) is 19.1 Å². The molecule has 35 heavy (non-hydrogen) atoms. The van der Waals surface area contributed by atoms with Crippen molar-refractivity contribution in [2.45, 2.75) is 72.0 Å². The molecule has 1 saturated carbocycles. The van der Waals surface area contributed by atoms with Crippen molar-refractivity contribution in [1.82, 2.24) is 10.2 Å². The van der Waals surface area contributed by atoms with Crippen LogP contribution in [0, 0.1) is 20.8 Å². The van der Waals surface area contributed by atoms with Crippen LogP contribution >= 0.6 is 0 Å². The van der Waals surface area contributed by atoms with Gasteiger partial charge < -0.3 is 10.2 Å². The van der Waals surface area contributed by atoms with Gasteiger partial charge in [-0.3, -0.25) is 13.9 Å². The average Bonchev–Trinajstić information content (AvgIpc) is 3.27. The van der Waals surface area contributed by atoms with Crippen LogP contribution in [0.5, 0.6) is 0 Å². The minimum atomic E-state index is -3.74. The third kappa shape index (κ3) is 7.07. The largest absolute Gasteiger partial charge is 0.352 e. The molecule has 2 amide bonds. The number of amides is 2. The van der Waals surface area contributed by atoms with Crippen molar-refractivity contribution in [1.29, 1.82) is 0 Å². The van der Waals surface area contributed by atoms with Crippen LogP contribution in [0.1, 0.15) is 54.9 Å². The van der Waals surface area contributed by atoms with Crippen LogP contribution in [-0.4, -0.2) is 50.0 Å². The van der Waals surface area contributed by atoms with E-state index < -0.39 is 22.0 Å². The minimum Gasteiger partial charge on any atom is -0.352 e. The fraction of sp³-hybridized carbons (Fsp3) is 0.481. The Morgan fingerprint density at radius 1 is 1.03 bits per heavy atom. The number of nitrogens with zero attached hydrogens (tertiary/aromatic N) is 2. The van der Waals surface area contributed by atoms with Gasteiger partial charge in [0.15, 0.2) is 0 Å². The van der Waals surface area contributed by atoms with Crippen LogP contribution in [0.25, 0.3) is 0 Å². The van der Waals surface area contributed by atoms with Gasteiger partial charge in [-0.1, -0.05) is 43.2 Å². The molecule has 190 valence electrons. The second kappa shape index (κ2) is 11.2. The Kier molecular flexibility index (Phi) is 8.59. The maximum Gasteiger partial charge on any atom is 0.244 e. The quantitative estimate of drug-likeness (QED) is 0.568. The first-order valence-electron chi connectivity index (χ1n) is 12.2. The fourth-order valence-corrected chi connectivity index (χ4v) is 5.49. The molecular weight excluding hydrogens is 462 g/mol. The predicted molar refractivity (Wildman–Crippen MR) is 140 cm³/mol. The summed E-state index contributed by atoms with van der Waals surface area (Å²) in [5, 5.41) is 3.08. The highest BCUT2D eigenvalue weighted by Crippen LogP contribution is 2.23. The average molecular weight is 500 g/mol. The second-order valence-corrected chi connectivity index (χ2v) is 11.6. The van der Waals surface area contributed by atoms with E-state index in [2.05, 4.69) is 5.32 Å². The van der Waals surface area contributed by atoms with Crippen LogP contribution < -0.4 is 9.62 Å². The number of carbonyl (C=O) groups is 2. The van der Waals surface area contributed by atoms with Crippen LogP contribution in [0.2, 0.25) is 0 Å². The van der Waals surface area contributed by atoms with E-state index in [9.17, 15) is 18.0 Å². The molecule has 1 aliphatic carbocycles. The zero-order valence-electron chi connectivity index (χ0n) is 21.4. The highest BCUT2D eigenvalue weighted by atomic mass is 32.2. The van der Waals surface area contributed by atoms with Crippen molar-refractivity contribution in [2.75, 3.05) is 17.1 Å². The molecule has 2 aromatic rings. The van der Waals surface area contributed by atoms with E-state index >= 15 is 0 Å². The Balaban J connectivity index is 1.91. The lowest BCUT2D eigenvalue weighted by molar-refractivity contribution is -0.139. The molecule has 3 rings (SSSR count). The summed E-state index contributed by atoms with van der Waals surface area (Å²) in [5.41, 5.74) is 4.17. The van der Waals surface area contributed by atoms with Crippen molar-refractivity contribution in [3.05, 3.63) is 64.7 Å². The number of nitrogens with one attached hydrogen (secondary N) is 1. The van der Waals surface area contributed by atoms with Gasteiger partial charge in [0.05, 0.1) is 11.9 Å². The van der Waals surface area contributed by atoms with Crippen LogP contribution in [-0.2, 0) is 26.2 Å². The van der Waals surface area contributed by atoms with Crippen molar-refractivity contribution >= 4 is 27.5 Å². The maximum atomic E-state index is 13.7. The van der Waals surface area contributed by atoms with Gasteiger partial charge in [0, 0.05) is 12.6 Å². The Labute approximate surface area is 209 Å². The number of benzene rings is 2. The second-order valence-electron chi connectivity index (χ2n) is 9.73. The molecule has 1 N–H and O–H groups in total. The molecule has 0 heterocycles. The third-order valence-electron chi connectivity index (χ3n) is 6.64. The first-order valence-corrected chi connectivity index (χ1v) is 14.0. The molecule has 1 atom stereocenters. The Morgan fingerprint density at radius 2 is 1.63 bits per heavy atom. The van der Waals surface area contributed by atoms with E-state index in [4.69, 9.17) is 0 Å². The Morgan fingerprint density at radius 3 is 2.20 bits per heavy atom. The normalized spacial score (nSPS) is 15.0. The fourth-order valence-electron chi connectivity index (χ4n) is 4.65. The highest BCUT2D eigenvalue weighted by molar-refractivity contribution is 7.92. The van der Waals surface area contributed by atoms with E-state index in [-0.39, 0.29) is 25.0 Å².